The minimum atomic E-state index is -0.793. The van der Waals surface area contributed by atoms with E-state index in [1.165, 1.54) is 5.56 Å². The van der Waals surface area contributed by atoms with Crippen LogP contribution in [0.3, 0.4) is 0 Å². The molecule has 2 N–H and O–H groups in total. The summed E-state index contributed by atoms with van der Waals surface area (Å²) in [5.74, 6) is 0.390. The van der Waals surface area contributed by atoms with Crippen molar-refractivity contribution in [3.63, 3.8) is 0 Å². The number of halogens is 1. The van der Waals surface area contributed by atoms with E-state index >= 15 is 0 Å². The van der Waals surface area contributed by atoms with Crippen LogP contribution in [0.15, 0.2) is 54.6 Å². The highest BCUT2D eigenvalue weighted by atomic mass is 35.5. The molecule has 2 fully saturated rings. The average Bonchev–Trinajstić information content (AvgIpc) is 3.32. The third-order valence-corrected chi connectivity index (χ3v) is 5.21. The number of carbonyl (C=O) groups is 2. The first kappa shape index (κ1) is 16.9. The molecule has 2 aromatic carbocycles. The Morgan fingerprint density at radius 1 is 1.19 bits per heavy atom. The zero-order chi connectivity index (χ0) is 18.1. The second-order valence-corrected chi connectivity index (χ2v) is 7.17. The van der Waals surface area contributed by atoms with Gasteiger partial charge in [0, 0.05) is 5.02 Å². The van der Waals surface area contributed by atoms with Gasteiger partial charge in [0.2, 0.25) is 0 Å². The third kappa shape index (κ3) is 3.53. The molecule has 1 saturated heterocycles. The Kier molecular flexibility index (Phi) is 4.55. The lowest BCUT2D eigenvalue weighted by atomic mass is 9.98. The molecular weight excluding hydrogens is 352 g/mol. The van der Waals surface area contributed by atoms with Crippen LogP contribution >= 0.6 is 11.6 Å². The van der Waals surface area contributed by atoms with Crippen LogP contribution in [0.5, 0.6) is 0 Å². The van der Waals surface area contributed by atoms with Crippen LogP contribution in [0.4, 0.5) is 4.79 Å². The molecule has 26 heavy (non-hydrogen) atoms. The Morgan fingerprint density at radius 2 is 2.00 bits per heavy atom. The summed E-state index contributed by atoms with van der Waals surface area (Å²) in [5, 5.41) is 6.21. The van der Waals surface area contributed by atoms with Crippen LogP contribution < -0.4 is 10.6 Å². The minimum Gasteiger partial charge on any atom is -0.434 e. The molecule has 0 bridgehead atoms. The van der Waals surface area contributed by atoms with Crippen LogP contribution in [0, 0.1) is 5.92 Å². The fraction of sp³-hybridized carbons (Fsp3) is 0.300. The van der Waals surface area contributed by atoms with Gasteiger partial charge in [-0.05, 0) is 41.5 Å². The number of hydrogen-bond acceptors (Lipinski definition) is 3. The van der Waals surface area contributed by atoms with Gasteiger partial charge < -0.3 is 15.4 Å². The summed E-state index contributed by atoms with van der Waals surface area (Å²) in [4.78, 5) is 23.8. The first-order valence-corrected chi connectivity index (χ1v) is 9.05. The summed E-state index contributed by atoms with van der Waals surface area (Å²) in [6, 6.07) is 17.7. The number of benzene rings is 2. The predicted octanol–water partition coefficient (Wildman–Crippen LogP) is 3.41. The molecule has 1 aliphatic carbocycles. The van der Waals surface area contributed by atoms with E-state index < -0.39 is 12.2 Å². The Labute approximate surface area is 156 Å². The van der Waals surface area contributed by atoms with Crippen molar-refractivity contribution in [3.05, 3.63) is 70.7 Å². The van der Waals surface area contributed by atoms with Gasteiger partial charge >= 0.3 is 6.09 Å². The van der Waals surface area contributed by atoms with Gasteiger partial charge in [-0.2, -0.15) is 0 Å². The molecule has 4 rings (SSSR count). The van der Waals surface area contributed by atoms with Crippen molar-refractivity contribution in [1.82, 2.24) is 10.6 Å². The molecule has 2 amide bonds. The molecule has 4 atom stereocenters. The second kappa shape index (κ2) is 7.00. The fourth-order valence-corrected chi connectivity index (χ4v) is 3.78. The van der Waals surface area contributed by atoms with Crippen molar-refractivity contribution >= 4 is 23.6 Å². The highest BCUT2D eigenvalue weighted by molar-refractivity contribution is 6.30. The highest BCUT2D eigenvalue weighted by Crippen LogP contribution is 2.54. The van der Waals surface area contributed by atoms with Gasteiger partial charge in [-0.25, -0.2) is 4.79 Å². The summed E-state index contributed by atoms with van der Waals surface area (Å²) < 4.78 is 5.01. The molecule has 0 aromatic heterocycles. The van der Waals surface area contributed by atoms with Crippen molar-refractivity contribution in [3.8, 4) is 0 Å². The summed E-state index contributed by atoms with van der Waals surface area (Å²) in [6.45, 7) is 0.194. The van der Waals surface area contributed by atoms with Gasteiger partial charge in [-0.1, -0.05) is 54.1 Å². The number of carbonyl (C=O) groups excluding carboxylic acids is 2. The lowest BCUT2D eigenvalue weighted by Crippen LogP contribution is -2.40. The van der Waals surface area contributed by atoms with Crippen LogP contribution in [-0.2, 0) is 9.53 Å². The SMILES string of the molecule is O=C1NC[C@@H](C(=O)N[C@@H](c2cccc(Cl)c2)[C@@H]2C[C@H]2c2ccccc2)O1. The van der Waals surface area contributed by atoms with Gasteiger partial charge in [-0.15, -0.1) is 0 Å². The zero-order valence-electron chi connectivity index (χ0n) is 14.0. The molecule has 2 aromatic rings. The highest BCUT2D eigenvalue weighted by Gasteiger charge is 2.46. The van der Waals surface area contributed by atoms with Crippen LogP contribution in [0.1, 0.15) is 29.5 Å². The van der Waals surface area contributed by atoms with Crippen LogP contribution in [0.2, 0.25) is 5.02 Å². The van der Waals surface area contributed by atoms with Gasteiger partial charge in [0.1, 0.15) is 0 Å². The first-order chi connectivity index (χ1) is 12.6. The van der Waals surface area contributed by atoms with Gasteiger partial charge in [-0.3, -0.25) is 4.79 Å². The predicted molar refractivity (Wildman–Crippen MR) is 97.9 cm³/mol. The monoisotopic (exact) mass is 370 g/mol. The van der Waals surface area contributed by atoms with Crippen molar-refractivity contribution < 1.29 is 14.3 Å². The molecule has 1 heterocycles. The normalized spacial score (nSPS) is 25.1. The summed E-state index contributed by atoms with van der Waals surface area (Å²) in [5.41, 5.74) is 2.24. The molecular formula is C20H19ClN2O3. The number of nitrogens with one attached hydrogen (secondary N) is 2. The van der Waals surface area contributed by atoms with E-state index in [4.69, 9.17) is 16.3 Å². The first-order valence-electron chi connectivity index (χ1n) is 8.67. The Balaban J connectivity index is 1.55. The van der Waals surface area contributed by atoms with Gasteiger partial charge in [0.25, 0.3) is 5.91 Å². The minimum absolute atomic E-state index is 0.175. The molecule has 1 saturated carbocycles. The van der Waals surface area contributed by atoms with E-state index in [-0.39, 0.29) is 24.4 Å². The Bertz CT molecular complexity index is 827. The van der Waals surface area contributed by atoms with E-state index in [0.29, 0.717) is 10.9 Å². The molecule has 134 valence electrons. The molecule has 0 spiro atoms. The summed E-state index contributed by atoms with van der Waals surface area (Å²) >= 11 is 6.16. The number of amides is 2. The number of rotatable bonds is 5. The molecule has 0 unspecified atom stereocenters. The number of ether oxygens (including phenoxy) is 1. The smallest absolute Gasteiger partial charge is 0.408 e. The van der Waals surface area contributed by atoms with E-state index in [0.717, 1.165) is 12.0 Å². The lowest BCUT2D eigenvalue weighted by Gasteiger charge is -2.21. The molecule has 5 nitrogen and oxygen atoms in total. The van der Waals surface area contributed by atoms with Crippen molar-refractivity contribution in [2.75, 3.05) is 6.54 Å². The molecule has 1 aliphatic heterocycles. The number of hydrogen-bond donors (Lipinski definition) is 2. The van der Waals surface area contributed by atoms with Crippen LogP contribution in [-0.4, -0.2) is 24.6 Å². The quantitative estimate of drug-likeness (QED) is 0.847. The maximum absolute atomic E-state index is 12.6. The largest absolute Gasteiger partial charge is 0.434 e. The Morgan fingerprint density at radius 3 is 2.69 bits per heavy atom. The molecule has 0 radical (unpaired) electrons. The second-order valence-electron chi connectivity index (χ2n) is 6.73. The number of cyclic esters (lactones) is 1. The Hall–Kier alpha value is -2.53. The van der Waals surface area contributed by atoms with Gasteiger partial charge in [0.05, 0.1) is 12.6 Å². The number of alkyl carbamates (subject to hydrolysis) is 1. The zero-order valence-corrected chi connectivity index (χ0v) is 14.8. The standard InChI is InChI=1S/C20H19ClN2O3/c21-14-8-4-7-13(9-14)18(23-19(24)17-11-22-20(25)26-17)16-10-15(16)12-5-2-1-3-6-12/h1-9,15-18H,10-11H2,(H,22,25)(H,23,24)/t15-,16+,17-,18-/m0/s1. The average molecular weight is 371 g/mol. The maximum Gasteiger partial charge on any atom is 0.408 e. The lowest BCUT2D eigenvalue weighted by molar-refractivity contribution is -0.128. The van der Waals surface area contributed by atoms with E-state index in [9.17, 15) is 9.59 Å². The third-order valence-electron chi connectivity index (χ3n) is 4.97. The molecule has 2 aliphatic rings. The van der Waals surface area contributed by atoms with Crippen LogP contribution in [0.25, 0.3) is 0 Å². The fourth-order valence-electron chi connectivity index (χ4n) is 3.59. The molecule has 6 heteroatoms. The topological polar surface area (TPSA) is 67.4 Å². The summed E-state index contributed by atoms with van der Waals surface area (Å²) in [7, 11) is 0. The maximum atomic E-state index is 12.6. The van der Waals surface area contributed by atoms with Gasteiger partial charge in [0.15, 0.2) is 6.10 Å². The van der Waals surface area contributed by atoms with E-state index in [2.05, 4.69) is 22.8 Å². The van der Waals surface area contributed by atoms with E-state index in [1.54, 1.807) is 0 Å². The van der Waals surface area contributed by atoms with Crippen molar-refractivity contribution in [2.45, 2.75) is 24.5 Å². The van der Waals surface area contributed by atoms with E-state index in [1.807, 2.05) is 42.5 Å². The van der Waals surface area contributed by atoms with Crippen molar-refractivity contribution in [2.24, 2.45) is 5.92 Å². The van der Waals surface area contributed by atoms with Crippen molar-refractivity contribution in [1.29, 1.82) is 0 Å². The summed E-state index contributed by atoms with van der Waals surface area (Å²) in [6.07, 6.45) is -0.361.